The third-order valence-corrected chi connectivity index (χ3v) is 3.18. The third-order valence-electron chi connectivity index (χ3n) is 2.90. The number of ketones is 1. The van der Waals surface area contributed by atoms with E-state index >= 15 is 0 Å². The molecule has 0 aliphatic heterocycles. The van der Waals surface area contributed by atoms with Gasteiger partial charge in [0.05, 0.1) is 5.69 Å². The molecule has 0 radical (unpaired) electrons. The van der Waals surface area contributed by atoms with Crippen LogP contribution in [0.25, 0.3) is 0 Å². The van der Waals surface area contributed by atoms with Crippen molar-refractivity contribution in [1.82, 2.24) is 4.98 Å². The highest BCUT2D eigenvalue weighted by atomic mass is 35.5. The predicted octanol–water partition coefficient (Wildman–Crippen LogP) is 3.97. The number of carbonyl (C=O) groups is 2. The number of anilines is 1. The molecule has 0 spiro atoms. The van der Waals surface area contributed by atoms with Crippen molar-refractivity contribution in [2.75, 3.05) is 5.32 Å². The van der Waals surface area contributed by atoms with Crippen molar-refractivity contribution in [2.45, 2.75) is 19.8 Å². The normalized spacial score (nSPS) is 10.2. The lowest BCUT2D eigenvalue weighted by Gasteiger charge is -2.08. The zero-order valence-corrected chi connectivity index (χ0v) is 12.4. The van der Waals surface area contributed by atoms with E-state index in [1.807, 2.05) is 13.0 Å². The van der Waals surface area contributed by atoms with Crippen LogP contribution < -0.4 is 5.32 Å². The van der Waals surface area contributed by atoms with Crippen molar-refractivity contribution in [1.29, 1.82) is 0 Å². The summed E-state index contributed by atoms with van der Waals surface area (Å²) in [6, 6.07) is 12.0. The van der Waals surface area contributed by atoms with Gasteiger partial charge in [-0.3, -0.25) is 9.59 Å². The summed E-state index contributed by atoms with van der Waals surface area (Å²) >= 11 is 6.03. The molecule has 21 heavy (non-hydrogen) atoms. The first-order valence-electron chi connectivity index (χ1n) is 6.68. The second-order valence-corrected chi connectivity index (χ2v) is 4.89. The summed E-state index contributed by atoms with van der Waals surface area (Å²) in [7, 11) is 0. The Morgan fingerprint density at radius 3 is 2.48 bits per heavy atom. The van der Waals surface area contributed by atoms with Gasteiger partial charge < -0.3 is 5.32 Å². The van der Waals surface area contributed by atoms with Crippen LogP contribution in [-0.4, -0.2) is 16.7 Å². The summed E-state index contributed by atoms with van der Waals surface area (Å²) < 4.78 is 0. The Kier molecular flexibility index (Phi) is 5.06. The van der Waals surface area contributed by atoms with Gasteiger partial charge in [-0.15, -0.1) is 0 Å². The molecule has 1 aromatic carbocycles. The van der Waals surface area contributed by atoms with Crippen molar-refractivity contribution in [3.05, 3.63) is 58.9 Å². The molecule has 1 heterocycles. The largest absolute Gasteiger partial charge is 0.319 e. The van der Waals surface area contributed by atoms with Gasteiger partial charge in [-0.2, -0.15) is 0 Å². The first kappa shape index (κ1) is 15.2. The number of hydrogen-bond donors (Lipinski definition) is 1. The highest BCUT2D eigenvalue weighted by Gasteiger charge is 2.12. The molecule has 1 N–H and O–H groups in total. The summed E-state index contributed by atoms with van der Waals surface area (Å²) in [6.07, 6.45) is 1.18. The summed E-state index contributed by atoms with van der Waals surface area (Å²) in [4.78, 5) is 27.8. The van der Waals surface area contributed by atoms with E-state index in [4.69, 9.17) is 11.6 Å². The molecule has 0 unspecified atom stereocenters. The second kappa shape index (κ2) is 6.99. The lowest BCUT2D eigenvalue weighted by molar-refractivity contribution is 0.0976. The van der Waals surface area contributed by atoms with Gasteiger partial charge in [0.15, 0.2) is 10.9 Å². The Morgan fingerprint density at radius 1 is 1.14 bits per heavy atom. The first-order valence-corrected chi connectivity index (χ1v) is 7.05. The fourth-order valence-corrected chi connectivity index (χ4v) is 2.02. The highest BCUT2D eigenvalue weighted by molar-refractivity contribution is 6.32. The van der Waals surface area contributed by atoms with E-state index in [0.29, 0.717) is 23.4 Å². The van der Waals surface area contributed by atoms with Crippen LogP contribution in [0.4, 0.5) is 5.69 Å². The third kappa shape index (κ3) is 3.89. The van der Waals surface area contributed by atoms with Crippen LogP contribution in [-0.2, 0) is 0 Å². The predicted molar refractivity (Wildman–Crippen MR) is 82.9 cm³/mol. The van der Waals surface area contributed by atoms with Gasteiger partial charge in [0.1, 0.15) is 5.69 Å². The van der Waals surface area contributed by atoms with Crippen LogP contribution in [0.1, 0.15) is 40.6 Å². The van der Waals surface area contributed by atoms with Crippen molar-refractivity contribution < 1.29 is 9.59 Å². The van der Waals surface area contributed by atoms with Gasteiger partial charge >= 0.3 is 0 Å². The summed E-state index contributed by atoms with van der Waals surface area (Å²) in [5.41, 5.74) is 1.23. The fourth-order valence-electron chi connectivity index (χ4n) is 1.82. The van der Waals surface area contributed by atoms with Crippen LogP contribution >= 0.6 is 11.6 Å². The Hall–Kier alpha value is -2.20. The molecule has 2 rings (SSSR count). The Balaban J connectivity index is 2.15. The minimum Gasteiger partial charge on any atom is -0.319 e. The standard InChI is InChI=1S/C16H15ClN2O2/c1-2-6-14(20)12-9-10-13(15(17)18-12)19-16(21)11-7-4-3-5-8-11/h3-5,7-10H,2,6H2,1H3,(H,19,21). The molecular formula is C16H15ClN2O2. The minimum absolute atomic E-state index is 0.0552. The minimum atomic E-state index is -0.271. The van der Waals surface area contributed by atoms with Gasteiger partial charge in [0.25, 0.3) is 5.91 Å². The molecule has 5 heteroatoms. The van der Waals surface area contributed by atoms with Crippen LogP contribution in [0.2, 0.25) is 5.15 Å². The smallest absolute Gasteiger partial charge is 0.255 e. The molecule has 2 aromatic rings. The number of aromatic nitrogens is 1. The average molecular weight is 303 g/mol. The quantitative estimate of drug-likeness (QED) is 0.671. The number of hydrogen-bond acceptors (Lipinski definition) is 3. The molecule has 0 fully saturated rings. The molecular weight excluding hydrogens is 288 g/mol. The Labute approximate surface area is 128 Å². The number of amides is 1. The number of pyridine rings is 1. The Morgan fingerprint density at radius 2 is 1.86 bits per heavy atom. The maximum Gasteiger partial charge on any atom is 0.255 e. The molecule has 1 amide bonds. The van der Waals surface area contributed by atoms with E-state index in [-0.39, 0.29) is 16.8 Å². The number of Topliss-reactive ketones (excluding diaryl/α,β-unsaturated/α-hetero) is 1. The van der Waals surface area contributed by atoms with Crippen LogP contribution in [0.15, 0.2) is 42.5 Å². The van der Waals surface area contributed by atoms with Crippen molar-refractivity contribution in [3.63, 3.8) is 0 Å². The SMILES string of the molecule is CCCC(=O)c1ccc(NC(=O)c2ccccc2)c(Cl)n1. The van der Waals surface area contributed by atoms with E-state index in [0.717, 1.165) is 6.42 Å². The maximum absolute atomic E-state index is 12.0. The zero-order chi connectivity index (χ0) is 15.2. The molecule has 0 bridgehead atoms. The summed E-state index contributed by atoms with van der Waals surface area (Å²) in [5, 5.41) is 2.79. The van der Waals surface area contributed by atoms with Crippen molar-refractivity contribution in [2.24, 2.45) is 0 Å². The zero-order valence-electron chi connectivity index (χ0n) is 11.6. The van der Waals surface area contributed by atoms with E-state index in [1.54, 1.807) is 36.4 Å². The molecule has 0 aliphatic rings. The van der Waals surface area contributed by atoms with Gasteiger partial charge in [-0.1, -0.05) is 36.7 Å². The van der Waals surface area contributed by atoms with E-state index in [9.17, 15) is 9.59 Å². The number of benzene rings is 1. The first-order chi connectivity index (χ1) is 10.1. The molecule has 4 nitrogen and oxygen atoms in total. The number of nitrogens with zero attached hydrogens (tertiary/aromatic N) is 1. The highest BCUT2D eigenvalue weighted by Crippen LogP contribution is 2.21. The van der Waals surface area contributed by atoms with Gasteiger partial charge in [-0.25, -0.2) is 4.98 Å². The number of nitrogens with one attached hydrogen (secondary N) is 1. The summed E-state index contributed by atoms with van der Waals surface area (Å²) in [6.45, 7) is 1.92. The maximum atomic E-state index is 12.0. The van der Waals surface area contributed by atoms with Crippen LogP contribution in [0, 0.1) is 0 Å². The van der Waals surface area contributed by atoms with Crippen LogP contribution in [0.3, 0.4) is 0 Å². The van der Waals surface area contributed by atoms with E-state index < -0.39 is 0 Å². The second-order valence-electron chi connectivity index (χ2n) is 4.53. The topological polar surface area (TPSA) is 59.1 Å². The number of carbonyl (C=O) groups excluding carboxylic acids is 2. The molecule has 0 saturated heterocycles. The lowest BCUT2D eigenvalue weighted by atomic mass is 10.1. The average Bonchev–Trinajstić information content (AvgIpc) is 2.50. The van der Waals surface area contributed by atoms with E-state index in [1.165, 1.54) is 0 Å². The van der Waals surface area contributed by atoms with Gasteiger partial charge in [-0.05, 0) is 30.7 Å². The molecule has 0 saturated carbocycles. The molecule has 0 aliphatic carbocycles. The van der Waals surface area contributed by atoms with Crippen LogP contribution in [0.5, 0.6) is 0 Å². The van der Waals surface area contributed by atoms with Crippen molar-refractivity contribution >= 4 is 29.0 Å². The fraction of sp³-hybridized carbons (Fsp3) is 0.188. The van der Waals surface area contributed by atoms with Gasteiger partial charge in [0, 0.05) is 12.0 Å². The van der Waals surface area contributed by atoms with Gasteiger partial charge in [0.2, 0.25) is 0 Å². The summed E-state index contributed by atoms with van der Waals surface area (Å²) in [5.74, 6) is -0.327. The van der Waals surface area contributed by atoms with Crippen molar-refractivity contribution in [3.8, 4) is 0 Å². The monoisotopic (exact) mass is 302 g/mol. The lowest BCUT2D eigenvalue weighted by Crippen LogP contribution is -2.13. The molecule has 0 atom stereocenters. The van der Waals surface area contributed by atoms with E-state index in [2.05, 4.69) is 10.3 Å². The molecule has 108 valence electrons. The molecule has 1 aromatic heterocycles. The number of halogens is 1. The number of rotatable bonds is 5. The Bertz CT molecular complexity index is 657.